The van der Waals surface area contributed by atoms with Gasteiger partial charge in [-0.1, -0.05) is 54.6 Å². The number of pyridine rings is 2. The molecule has 4 heteroatoms. The molecule has 0 saturated heterocycles. The Morgan fingerprint density at radius 1 is 0.620 bits per heavy atom. The Labute approximate surface area is 287 Å². The van der Waals surface area contributed by atoms with Crippen LogP contribution in [0.3, 0.4) is 0 Å². The van der Waals surface area contributed by atoms with E-state index in [-0.39, 0.29) is 12.0 Å². The Bertz CT molecular complexity index is 3090. The number of aromatic nitrogens is 3. The molecule has 0 N–H and O–H groups in total. The molecular formula is C46H31N3O+2. The molecule has 2 unspecified atom stereocenters. The first kappa shape index (κ1) is 26.7. The van der Waals surface area contributed by atoms with Gasteiger partial charge in [-0.05, 0) is 79.1 Å². The fourth-order valence-electron chi connectivity index (χ4n) is 9.72. The third-order valence-corrected chi connectivity index (χ3v) is 11.7. The van der Waals surface area contributed by atoms with Gasteiger partial charge in [-0.15, -0.1) is 0 Å². The standard InChI is InChI=1S/C46H31N3O/c1-27-45-32(29-12-2-3-13-30(29)37-16-9-11-23-48(37)45)21-20-28-24-40-36(25-34(28)38-17-8-10-22-47(27)38)44-43-33-15-5-7-19-41(33)50-42(43)26-35-31-14-4-6-18-39(31)49(40)46(35)44/h2-19,22-26,32,45H,1,20-21H2/q+2. The molecule has 2 atom stereocenters. The molecule has 2 aliphatic heterocycles. The Balaban J connectivity index is 1.21. The Morgan fingerprint density at radius 2 is 1.40 bits per heavy atom. The lowest BCUT2D eigenvalue weighted by Gasteiger charge is -2.29. The van der Waals surface area contributed by atoms with Crippen molar-refractivity contribution in [3.05, 3.63) is 157 Å². The molecule has 50 heavy (non-hydrogen) atoms. The molecule has 12 rings (SSSR count). The van der Waals surface area contributed by atoms with Gasteiger partial charge in [0.1, 0.15) is 11.2 Å². The van der Waals surface area contributed by atoms with Crippen LogP contribution in [0, 0.1) is 0 Å². The first-order chi connectivity index (χ1) is 24.7. The molecule has 0 aliphatic carbocycles. The summed E-state index contributed by atoms with van der Waals surface area (Å²) in [6, 6.07) is 46.8. The van der Waals surface area contributed by atoms with Crippen molar-refractivity contribution in [1.29, 1.82) is 0 Å². The molecule has 0 bridgehead atoms. The first-order valence-electron chi connectivity index (χ1n) is 17.6. The lowest BCUT2D eigenvalue weighted by Crippen LogP contribution is -2.53. The Hall–Kier alpha value is -6.26. The second-order valence-electron chi connectivity index (χ2n) is 14.1. The van der Waals surface area contributed by atoms with Gasteiger partial charge in [-0.25, -0.2) is 0 Å². The molecule has 5 aromatic heterocycles. The van der Waals surface area contributed by atoms with E-state index in [1.807, 2.05) is 0 Å². The molecule has 5 aromatic carbocycles. The molecule has 0 radical (unpaired) electrons. The topological polar surface area (TPSA) is 25.3 Å². The molecule has 0 saturated carbocycles. The smallest absolute Gasteiger partial charge is 0.249 e. The number of benzene rings is 5. The third kappa shape index (κ3) is 3.26. The van der Waals surface area contributed by atoms with Crippen LogP contribution in [0.25, 0.3) is 88.2 Å². The van der Waals surface area contributed by atoms with Gasteiger partial charge in [-0.3, -0.25) is 0 Å². The summed E-state index contributed by atoms with van der Waals surface area (Å²) in [5.74, 6) is 0.270. The second-order valence-corrected chi connectivity index (χ2v) is 14.1. The number of para-hydroxylation sites is 2. The van der Waals surface area contributed by atoms with Gasteiger partial charge in [0, 0.05) is 62.1 Å². The van der Waals surface area contributed by atoms with Crippen molar-refractivity contribution in [1.82, 2.24) is 4.40 Å². The van der Waals surface area contributed by atoms with E-state index in [2.05, 4.69) is 153 Å². The highest BCUT2D eigenvalue weighted by Crippen LogP contribution is 2.49. The molecule has 0 spiro atoms. The van der Waals surface area contributed by atoms with Gasteiger partial charge >= 0.3 is 0 Å². The van der Waals surface area contributed by atoms with Gasteiger partial charge in [0.25, 0.3) is 0 Å². The summed E-state index contributed by atoms with van der Waals surface area (Å²) in [7, 11) is 0. The Kier molecular flexibility index (Phi) is 5.04. The number of hydrogen-bond acceptors (Lipinski definition) is 1. The fourth-order valence-corrected chi connectivity index (χ4v) is 9.72. The maximum absolute atomic E-state index is 6.58. The van der Waals surface area contributed by atoms with E-state index in [4.69, 9.17) is 11.0 Å². The summed E-state index contributed by atoms with van der Waals surface area (Å²) >= 11 is 0. The van der Waals surface area contributed by atoms with Crippen LogP contribution in [0.2, 0.25) is 0 Å². The molecule has 2 aliphatic rings. The van der Waals surface area contributed by atoms with Gasteiger partial charge < -0.3 is 8.82 Å². The Morgan fingerprint density at radius 3 is 2.34 bits per heavy atom. The zero-order chi connectivity index (χ0) is 32.7. The van der Waals surface area contributed by atoms with Crippen molar-refractivity contribution in [3.8, 4) is 22.5 Å². The van der Waals surface area contributed by atoms with Crippen LogP contribution in [0.1, 0.15) is 29.5 Å². The summed E-state index contributed by atoms with van der Waals surface area (Å²) in [4.78, 5) is 0. The van der Waals surface area contributed by atoms with Crippen LogP contribution in [0.15, 0.2) is 151 Å². The van der Waals surface area contributed by atoms with Crippen LogP contribution >= 0.6 is 0 Å². The third-order valence-electron chi connectivity index (χ3n) is 11.7. The van der Waals surface area contributed by atoms with E-state index in [0.717, 1.165) is 35.1 Å². The lowest BCUT2D eigenvalue weighted by molar-refractivity contribution is -0.727. The molecule has 7 heterocycles. The zero-order valence-corrected chi connectivity index (χ0v) is 27.3. The van der Waals surface area contributed by atoms with Gasteiger partial charge in [0.15, 0.2) is 12.4 Å². The quantitative estimate of drug-likeness (QED) is 0.151. The van der Waals surface area contributed by atoms with E-state index < -0.39 is 0 Å². The number of furan rings is 1. The largest absolute Gasteiger partial charge is 0.456 e. The summed E-state index contributed by atoms with van der Waals surface area (Å²) in [5.41, 5.74) is 14.5. The van der Waals surface area contributed by atoms with Crippen molar-refractivity contribution in [3.63, 3.8) is 0 Å². The predicted octanol–water partition coefficient (Wildman–Crippen LogP) is 10.4. The van der Waals surface area contributed by atoms with Crippen molar-refractivity contribution in [2.24, 2.45) is 0 Å². The van der Waals surface area contributed by atoms with Crippen molar-refractivity contribution in [2.45, 2.75) is 24.8 Å². The van der Waals surface area contributed by atoms with E-state index in [0.29, 0.717) is 0 Å². The average Bonchev–Trinajstić information content (AvgIpc) is 3.82. The minimum Gasteiger partial charge on any atom is -0.456 e. The second kappa shape index (κ2) is 9.46. The van der Waals surface area contributed by atoms with Gasteiger partial charge in [-0.2, -0.15) is 9.13 Å². The number of nitrogens with zero attached hydrogens (tertiary/aromatic N) is 3. The molecular weight excluding hydrogens is 611 g/mol. The monoisotopic (exact) mass is 641 g/mol. The van der Waals surface area contributed by atoms with E-state index in [9.17, 15) is 0 Å². The lowest BCUT2D eigenvalue weighted by atomic mass is 9.78. The van der Waals surface area contributed by atoms with Gasteiger partial charge in [0.05, 0.1) is 28.0 Å². The SMILES string of the molecule is C=C1C2C(CCc3cc4c(cc3-c3cccc[n+]31)c1c3c(cc5c6ccccc6n4c51)oc1ccccc13)c1ccccc1-c1cccc[n+]12. The van der Waals surface area contributed by atoms with Crippen molar-refractivity contribution in [2.75, 3.05) is 0 Å². The van der Waals surface area contributed by atoms with Crippen LogP contribution in [-0.2, 0) is 6.42 Å². The highest BCUT2D eigenvalue weighted by Gasteiger charge is 2.46. The number of hydrogen-bond donors (Lipinski definition) is 0. The number of aryl methyl sites for hydroxylation is 1. The first-order valence-corrected chi connectivity index (χ1v) is 17.6. The average molecular weight is 642 g/mol. The number of allylic oxidation sites excluding steroid dienone is 1. The highest BCUT2D eigenvalue weighted by atomic mass is 16.3. The minimum absolute atomic E-state index is 0.0825. The maximum Gasteiger partial charge on any atom is 0.249 e. The summed E-state index contributed by atoms with van der Waals surface area (Å²) in [6.45, 7) is 4.88. The van der Waals surface area contributed by atoms with E-state index >= 15 is 0 Å². The molecule has 234 valence electrons. The van der Waals surface area contributed by atoms with Crippen molar-refractivity contribution < 1.29 is 13.6 Å². The number of fused-ring (bicyclic) bond motifs is 19. The van der Waals surface area contributed by atoms with E-state index in [1.165, 1.54) is 77.1 Å². The fraction of sp³-hybridized carbons (Fsp3) is 0.0870. The molecule has 10 aromatic rings. The maximum atomic E-state index is 6.58. The van der Waals surface area contributed by atoms with Crippen LogP contribution in [-0.4, -0.2) is 4.40 Å². The number of rotatable bonds is 0. The molecule has 0 fully saturated rings. The normalized spacial score (nSPS) is 17.1. The summed E-state index contributed by atoms with van der Waals surface area (Å²) < 4.78 is 13.9. The van der Waals surface area contributed by atoms with E-state index in [1.54, 1.807) is 0 Å². The van der Waals surface area contributed by atoms with Crippen LogP contribution in [0.4, 0.5) is 0 Å². The summed E-state index contributed by atoms with van der Waals surface area (Å²) in [6.07, 6.45) is 6.41. The van der Waals surface area contributed by atoms with Crippen molar-refractivity contribution >= 4 is 65.7 Å². The van der Waals surface area contributed by atoms with Gasteiger partial charge in [0.2, 0.25) is 23.1 Å². The zero-order valence-electron chi connectivity index (χ0n) is 27.3. The molecule has 0 amide bonds. The molecule has 4 nitrogen and oxygen atoms in total. The highest BCUT2D eigenvalue weighted by molar-refractivity contribution is 6.35. The van der Waals surface area contributed by atoms with Crippen LogP contribution in [0.5, 0.6) is 0 Å². The van der Waals surface area contributed by atoms with Crippen LogP contribution < -0.4 is 9.13 Å². The predicted molar refractivity (Wildman–Crippen MR) is 202 cm³/mol. The summed E-state index contributed by atoms with van der Waals surface area (Å²) in [5, 5.41) is 7.38. The minimum atomic E-state index is 0.0825.